The Hall–Kier alpha value is -1.23. The minimum absolute atomic E-state index is 1.02. The van der Waals surface area contributed by atoms with Crippen LogP contribution < -0.4 is 9.80 Å². The van der Waals surface area contributed by atoms with Crippen LogP contribution in [0.3, 0.4) is 0 Å². The summed E-state index contributed by atoms with van der Waals surface area (Å²) >= 11 is 2.48. The number of benzene rings is 2. The van der Waals surface area contributed by atoms with Gasteiger partial charge in [0.1, 0.15) is 0 Å². The molecule has 2 nitrogen and oxygen atoms in total. The first-order valence-corrected chi connectivity index (χ1v) is 8.08. The Morgan fingerprint density at radius 2 is 1.65 bits per heavy atom. The largest absolute Gasteiger partial charge is 0.349 e. The summed E-state index contributed by atoms with van der Waals surface area (Å²) in [4.78, 5) is 5.01. The average molecular weight is 376 g/mol. The van der Waals surface area contributed by atoms with E-state index >= 15 is 0 Å². The highest BCUT2D eigenvalue weighted by atomic mass is 127. The van der Waals surface area contributed by atoms with Crippen molar-refractivity contribution in [2.45, 2.75) is 26.9 Å². The van der Waals surface area contributed by atoms with E-state index in [9.17, 15) is 0 Å². The maximum absolute atomic E-state index is 2.52. The highest BCUT2D eigenvalue weighted by molar-refractivity contribution is 14.1. The molecule has 2 aliphatic rings. The summed E-state index contributed by atoms with van der Waals surface area (Å²) in [5, 5.41) is 0. The van der Waals surface area contributed by atoms with Crippen LogP contribution in [0.5, 0.6) is 0 Å². The first kappa shape index (κ1) is 12.5. The fourth-order valence-corrected chi connectivity index (χ4v) is 4.64. The van der Waals surface area contributed by atoms with Crippen LogP contribution in [0, 0.1) is 17.4 Å². The molecule has 2 bridgehead atoms. The predicted molar refractivity (Wildman–Crippen MR) is 92.3 cm³/mol. The van der Waals surface area contributed by atoms with Gasteiger partial charge in [0.25, 0.3) is 0 Å². The van der Waals surface area contributed by atoms with Crippen LogP contribution in [-0.2, 0) is 13.1 Å². The third kappa shape index (κ3) is 1.83. The molecule has 2 heterocycles. The molecule has 0 atom stereocenters. The molecule has 2 aromatic carbocycles. The fraction of sp³-hybridized carbons (Fsp3) is 0.294. The third-order valence-corrected chi connectivity index (χ3v) is 5.06. The SMILES string of the molecule is Cc1ccc2c(c1)CN1CN2Cc2cc(C)cc(I)c21. The van der Waals surface area contributed by atoms with Crippen molar-refractivity contribution in [2.75, 3.05) is 16.5 Å². The van der Waals surface area contributed by atoms with Crippen LogP contribution in [-0.4, -0.2) is 6.67 Å². The van der Waals surface area contributed by atoms with E-state index in [4.69, 9.17) is 0 Å². The second kappa shape index (κ2) is 4.38. The van der Waals surface area contributed by atoms with Gasteiger partial charge < -0.3 is 9.80 Å². The molecule has 2 aromatic rings. The minimum Gasteiger partial charge on any atom is -0.349 e. The molecule has 0 unspecified atom stereocenters. The monoisotopic (exact) mass is 376 g/mol. The Bertz CT molecular complexity index is 708. The van der Waals surface area contributed by atoms with Gasteiger partial charge in [-0.1, -0.05) is 23.8 Å². The minimum atomic E-state index is 1.02. The van der Waals surface area contributed by atoms with E-state index in [0.717, 1.165) is 19.8 Å². The Morgan fingerprint density at radius 3 is 2.50 bits per heavy atom. The molecular weight excluding hydrogens is 359 g/mol. The molecule has 0 amide bonds. The van der Waals surface area contributed by atoms with Gasteiger partial charge in [-0.25, -0.2) is 0 Å². The van der Waals surface area contributed by atoms with E-state index in [1.807, 2.05) is 0 Å². The number of halogens is 1. The van der Waals surface area contributed by atoms with Crippen LogP contribution in [0.25, 0.3) is 0 Å². The Balaban J connectivity index is 1.86. The Kier molecular flexibility index (Phi) is 2.74. The molecule has 0 aliphatic carbocycles. The predicted octanol–water partition coefficient (Wildman–Crippen LogP) is 4.21. The lowest BCUT2D eigenvalue weighted by molar-refractivity contribution is 0.648. The molecule has 0 saturated carbocycles. The standard InChI is InChI=1S/C17H17IN2/c1-11-3-4-16-13(5-11)8-20-10-19(16)9-14-6-12(2)7-15(18)17(14)20/h3-7H,8-10H2,1-2H3. The number of fused-ring (bicyclic) bond motifs is 6. The highest BCUT2D eigenvalue weighted by Gasteiger charge is 2.30. The highest BCUT2D eigenvalue weighted by Crippen LogP contribution is 2.40. The summed E-state index contributed by atoms with van der Waals surface area (Å²) in [7, 11) is 0. The number of aryl methyl sites for hydroxylation is 2. The molecule has 0 saturated heterocycles. The molecule has 2 aliphatic heterocycles. The lowest BCUT2D eigenvalue weighted by Crippen LogP contribution is -2.46. The molecule has 4 rings (SSSR count). The van der Waals surface area contributed by atoms with Gasteiger partial charge in [0.2, 0.25) is 0 Å². The molecule has 20 heavy (non-hydrogen) atoms. The van der Waals surface area contributed by atoms with Crippen molar-refractivity contribution >= 4 is 34.0 Å². The van der Waals surface area contributed by atoms with E-state index in [2.05, 4.69) is 76.6 Å². The van der Waals surface area contributed by atoms with Gasteiger partial charge in [-0.3, -0.25) is 0 Å². The van der Waals surface area contributed by atoms with Gasteiger partial charge in [0.15, 0.2) is 0 Å². The normalized spacial score (nSPS) is 15.9. The van der Waals surface area contributed by atoms with Crippen LogP contribution >= 0.6 is 22.6 Å². The molecule has 0 fully saturated rings. The van der Waals surface area contributed by atoms with Crippen molar-refractivity contribution < 1.29 is 0 Å². The maximum atomic E-state index is 2.52. The van der Waals surface area contributed by atoms with Gasteiger partial charge in [-0.05, 0) is 65.3 Å². The van der Waals surface area contributed by atoms with E-state index in [0.29, 0.717) is 0 Å². The van der Waals surface area contributed by atoms with Crippen molar-refractivity contribution in [1.82, 2.24) is 0 Å². The molecular formula is C17H17IN2. The van der Waals surface area contributed by atoms with Crippen molar-refractivity contribution in [2.24, 2.45) is 0 Å². The number of rotatable bonds is 0. The molecule has 0 aromatic heterocycles. The fourth-order valence-electron chi connectivity index (χ4n) is 3.46. The summed E-state index contributed by atoms with van der Waals surface area (Å²) in [5.74, 6) is 0. The Labute approximate surface area is 133 Å². The van der Waals surface area contributed by atoms with Gasteiger partial charge >= 0.3 is 0 Å². The lowest BCUT2D eigenvalue weighted by Gasteiger charge is -2.45. The maximum Gasteiger partial charge on any atom is 0.0910 e. The van der Waals surface area contributed by atoms with Crippen LogP contribution in [0.2, 0.25) is 0 Å². The average Bonchev–Trinajstić information content (AvgIpc) is 2.36. The molecule has 0 N–H and O–H groups in total. The van der Waals surface area contributed by atoms with Gasteiger partial charge in [-0.15, -0.1) is 0 Å². The van der Waals surface area contributed by atoms with Gasteiger partial charge in [0, 0.05) is 22.3 Å². The summed E-state index contributed by atoms with van der Waals surface area (Å²) in [5.41, 5.74) is 8.49. The first-order chi connectivity index (χ1) is 9.61. The number of anilines is 2. The van der Waals surface area contributed by atoms with Gasteiger partial charge in [-0.2, -0.15) is 0 Å². The second-order valence-corrected chi connectivity index (χ2v) is 7.09. The van der Waals surface area contributed by atoms with Crippen LogP contribution in [0.4, 0.5) is 11.4 Å². The Morgan fingerprint density at radius 1 is 0.900 bits per heavy atom. The lowest BCUT2D eigenvalue weighted by atomic mass is 9.99. The third-order valence-electron chi connectivity index (χ3n) is 4.24. The summed E-state index contributed by atoms with van der Waals surface area (Å²) in [6.07, 6.45) is 0. The van der Waals surface area contributed by atoms with Crippen molar-refractivity contribution in [3.63, 3.8) is 0 Å². The van der Waals surface area contributed by atoms with Crippen molar-refractivity contribution in [1.29, 1.82) is 0 Å². The zero-order valence-corrected chi connectivity index (χ0v) is 13.9. The quantitative estimate of drug-likeness (QED) is 0.636. The number of nitrogens with zero attached hydrogens (tertiary/aromatic N) is 2. The zero-order chi connectivity index (χ0) is 13.9. The molecule has 102 valence electrons. The van der Waals surface area contributed by atoms with E-state index in [1.54, 1.807) is 0 Å². The molecule has 0 spiro atoms. The summed E-state index contributed by atoms with van der Waals surface area (Å²) in [6, 6.07) is 11.5. The summed E-state index contributed by atoms with van der Waals surface area (Å²) in [6.45, 7) is 7.44. The van der Waals surface area contributed by atoms with E-state index < -0.39 is 0 Å². The molecule has 3 heteroatoms. The number of hydrogen-bond acceptors (Lipinski definition) is 2. The first-order valence-electron chi connectivity index (χ1n) is 7.00. The molecule has 0 radical (unpaired) electrons. The van der Waals surface area contributed by atoms with Crippen molar-refractivity contribution in [3.05, 3.63) is 56.2 Å². The smallest absolute Gasteiger partial charge is 0.0910 e. The second-order valence-electron chi connectivity index (χ2n) is 5.92. The van der Waals surface area contributed by atoms with E-state index in [1.165, 1.54) is 37.2 Å². The zero-order valence-electron chi connectivity index (χ0n) is 11.8. The van der Waals surface area contributed by atoms with Gasteiger partial charge in [0.05, 0.1) is 12.4 Å². The van der Waals surface area contributed by atoms with Crippen LogP contribution in [0.1, 0.15) is 22.3 Å². The summed E-state index contributed by atoms with van der Waals surface area (Å²) < 4.78 is 1.38. The van der Waals surface area contributed by atoms with Crippen molar-refractivity contribution in [3.8, 4) is 0 Å². The van der Waals surface area contributed by atoms with E-state index in [-0.39, 0.29) is 0 Å². The topological polar surface area (TPSA) is 6.48 Å². The number of hydrogen-bond donors (Lipinski definition) is 0. The van der Waals surface area contributed by atoms with Crippen LogP contribution in [0.15, 0.2) is 30.3 Å².